The van der Waals surface area contributed by atoms with Crippen molar-refractivity contribution in [3.05, 3.63) is 59.7 Å². The number of rotatable bonds is 5. The summed E-state index contributed by atoms with van der Waals surface area (Å²) in [4.78, 5) is 1.31. The first-order chi connectivity index (χ1) is 8.83. The molecule has 18 heavy (non-hydrogen) atoms. The Kier molecular flexibility index (Phi) is 4.71. The third-order valence-corrected chi connectivity index (χ3v) is 3.78. The van der Waals surface area contributed by atoms with Crippen molar-refractivity contribution in [2.24, 2.45) is 0 Å². The third kappa shape index (κ3) is 3.30. The number of hydrogen-bond donors (Lipinski definition) is 1. The first-order valence-electron chi connectivity index (χ1n) is 6.28. The predicted molar refractivity (Wildman–Crippen MR) is 81.4 cm³/mol. The molecule has 0 aromatic heterocycles. The van der Waals surface area contributed by atoms with E-state index in [1.807, 2.05) is 0 Å². The van der Waals surface area contributed by atoms with Crippen LogP contribution in [0.4, 0.5) is 5.69 Å². The van der Waals surface area contributed by atoms with E-state index >= 15 is 0 Å². The van der Waals surface area contributed by atoms with Gasteiger partial charge >= 0.3 is 0 Å². The van der Waals surface area contributed by atoms with Crippen LogP contribution in [0, 0.1) is 0 Å². The molecular weight excluding hydrogens is 238 g/mol. The van der Waals surface area contributed by atoms with E-state index in [-0.39, 0.29) is 0 Å². The molecule has 0 fully saturated rings. The number of nitrogens with one attached hydrogen (secondary N) is 1. The van der Waals surface area contributed by atoms with E-state index < -0.39 is 0 Å². The fraction of sp³-hybridized carbons (Fsp3) is 0.250. The fourth-order valence-electron chi connectivity index (χ4n) is 1.94. The maximum Gasteiger partial charge on any atom is 0.0400 e. The van der Waals surface area contributed by atoms with Gasteiger partial charge in [0.2, 0.25) is 0 Å². The maximum absolute atomic E-state index is 3.51. The highest BCUT2D eigenvalue weighted by Crippen LogP contribution is 2.18. The Balaban J connectivity index is 2.02. The lowest BCUT2D eigenvalue weighted by Gasteiger charge is -2.11. The Morgan fingerprint density at radius 3 is 2.39 bits per heavy atom. The Morgan fingerprint density at radius 2 is 1.72 bits per heavy atom. The molecule has 0 radical (unpaired) electrons. The van der Waals surface area contributed by atoms with E-state index in [1.165, 1.54) is 21.7 Å². The molecule has 0 heterocycles. The molecule has 0 amide bonds. The molecule has 0 saturated heterocycles. The van der Waals surface area contributed by atoms with Gasteiger partial charge in [-0.2, -0.15) is 0 Å². The Morgan fingerprint density at radius 1 is 1.00 bits per heavy atom. The van der Waals surface area contributed by atoms with Gasteiger partial charge in [-0.05, 0) is 42.0 Å². The molecule has 94 valence electrons. The SMILES string of the molecule is CCc1ccccc1NCc1ccc(SC)cc1. The summed E-state index contributed by atoms with van der Waals surface area (Å²) in [7, 11) is 0. The molecule has 0 saturated carbocycles. The van der Waals surface area contributed by atoms with Crippen molar-refractivity contribution < 1.29 is 0 Å². The highest BCUT2D eigenvalue weighted by atomic mass is 32.2. The Bertz CT molecular complexity index is 491. The highest BCUT2D eigenvalue weighted by molar-refractivity contribution is 7.98. The number of anilines is 1. The summed E-state index contributed by atoms with van der Waals surface area (Å²) in [5.74, 6) is 0. The fourth-order valence-corrected chi connectivity index (χ4v) is 2.35. The van der Waals surface area contributed by atoms with Crippen molar-refractivity contribution >= 4 is 17.4 Å². The van der Waals surface area contributed by atoms with Gasteiger partial charge in [0.1, 0.15) is 0 Å². The van der Waals surface area contributed by atoms with Gasteiger partial charge in [-0.3, -0.25) is 0 Å². The minimum Gasteiger partial charge on any atom is -0.381 e. The first-order valence-corrected chi connectivity index (χ1v) is 7.50. The van der Waals surface area contributed by atoms with Crippen LogP contribution in [0.1, 0.15) is 18.1 Å². The molecule has 2 rings (SSSR count). The molecular formula is C16H19NS. The maximum atomic E-state index is 3.51. The summed E-state index contributed by atoms with van der Waals surface area (Å²) in [6.07, 6.45) is 3.17. The zero-order chi connectivity index (χ0) is 12.8. The van der Waals surface area contributed by atoms with Crippen molar-refractivity contribution in [1.82, 2.24) is 0 Å². The predicted octanol–water partition coefficient (Wildman–Crippen LogP) is 4.58. The van der Waals surface area contributed by atoms with Crippen molar-refractivity contribution in [3.63, 3.8) is 0 Å². The van der Waals surface area contributed by atoms with Crippen LogP contribution in [0.5, 0.6) is 0 Å². The second-order valence-electron chi connectivity index (χ2n) is 4.21. The zero-order valence-electron chi connectivity index (χ0n) is 10.9. The zero-order valence-corrected chi connectivity index (χ0v) is 11.8. The van der Waals surface area contributed by atoms with Crippen molar-refractivity contribution in [3.8, 4) is 0 Å². The van der Waals surface area contributed by atoms with E-state index in [0.717, 1.165) is 13.0 Å². The normalized spacial score (nSPS) is 10.3. The van der Waals surface area contributed by atoms with Crippen LogP contribution < -0.4 is 5.32 Å². The summed E-state index contributed by atoms with van der Waals surface area (Å²) >= 11 is 1.78. The molecule has 2 aromatic rings. The standard InChI is InChI=1S/C16H19NS/c1-3-14-6-4-5-7-16(14)17-12-13-8-10-15(18-2)11-9-13/h4-11,17H,3,12H2,1-2H3. The van der Waals surface area contributed by atoms with E-state index in [2.05, 4.69) is 67.0 Å². The lowest BCUT2D eigenvalue weighted by molar-refractivity contribution is 1.09. The van der Waals surface area contributed by atoms with Gasteiger partial charge in [0.05, 0.1) is 0 Å². The molecule has 1 nitrogen and oxygen atoms in total. The molecule has 2 aromatic carbocycles. The van der Waals surface area contributed by atoms with Crippen LogP contribution in [0.15, 0.2) is 53.4 Å². The molecule has 0 unspecified atom stereocenters. The topological polar surface area (TPSA) is 12.0 Å². The summed E-state index contributed by atoms with van der Waals surface area (Å²) in [5.41, 5.74) is 3.94. The largest absolute Gasteiger partial charge is 0.381 e. The van der Waals surface area contributed by atoms with Gasteiger partial charge < -0.3 is 5.32 Å². The third-order valence-electron chi connectivity index (χ3n) is 3.04. The van der Waals surface area contributed by atoms with Crippen LogP contribution in [0.3, 0.4) is 0 Å². The van der Waals surface area contributed by atoms with Gasteiger partial charge in [0.25, 0.3) is 0 Å². The summed E-state index contributed by atoms with van der Waals surface area (Å²) < 4.78 is 0. The average molecular weight is 257 g/mol. The molecule has 0 aliphatic carbocycles. The van der Waals surface area contributed by atoms with E-state index in [0.29, 0.717) is 0 Å². The second kappa shape index (κ2) is 6.50. The summed E-state index contributed by atoms with van der Waals surface area (Å²) in [5, 5.41) is 3.51. The van der Waals surface area contributed by atoms with Gasteiger partial charge in [0.15, 0.2) is 0 Å². The molecule has 0 aliphatic heterocycles. The average Bonchev–Trinajstić information content (AvgIpc) is 2.46. The van der Waals surface area contributed by atoms with E-state index in [9.17, 15) is 0 Å². The number of thioether (sulfide) groups is 1. The number of aryl methyl sites for hydroxylation is 1. The molecule has 0 aliphatic rings. The summed E-state index contributed by atoms with van der Waals surface area (Å²) in [6.45, 7) is 3.07. The van der Waals surface area contributed by atoms with Crippen LogP contribution in [0.2, 0.25) is 0 Å². The van der Waals surface area contributed by atoms with Gasteiger partial charge in [0, 0.05) is 17.1 Å². The van der Waals surface area contributed by atoms with Gasteiger partial charge in [-0.1, -0.05) is 37.3 Å². The molecule has 1 N–H and O–H groups in total. The minimum absolute atomic E-state index is 0.881. The smallest absolute Gasteiger partial charge is 0.0400 e. The van der Waals surface area contributed by atoms with E-state index in [1.54, 1.807) is 11.8 Å². The Hall–Kier alpha value is -1.41. The van der Waals surface area contributed by atoms with Crippen LogP contribution in [-0.4, -0.2) is 6.26 Å². The van der Waals surface area contributed by atoms with Crippen LogP contribution >= 0.6 is 11.8 Å². The number of para-hydroxylation sites is 1. The van der Waals surface area contributed by atoms with Crippen molar-refractivity contribution in [2.45, 2.75) is 24.8 Å². The number of benzene rings is 2. The summed E-state index contributed by atoms with van der Waals surface area (Å²) in [6, 6.07) is 17.2. The lowest BCUT2D eigenvalue weighted by atomic mass is 10.1. The molecule has 0 atom stereocenters. The quantitative estimate of drug-likeness (QED) is 0.787. The molecule has 0 spiro atoms. The second-order valence-corrected chi connectivity index (χ2v) is 5.09. The van der Waals surface area contributed by atoms with Crippen LogP contribution in [0.25, 0.3) is 0 Å². The monoisotopic (exact) mass is 257 g/mol. The van der Waals surface area contributed by atoms with Crippen molar-refractivity contribution in [2.75, 3.05) is 11.6 Å². The first kappa shape index (κ1) is 13.0. The van der Waals surface area contributed by atoms with Gasteiger partial charge in [-0.15, -0.1) is 11.8 Å². The van der Waals surface area contributed by atoms with Crippen molar-refractivity contribution in [1.29, 1.82) is 0 Å². The highest BCUT2D eigenvalue weighted by Gasteiger charge is 1.99. The lowest BCUT2D eigenvalue weighted by Crippen LogP contribution is -2.01. The minimum atomic E-state index is 0.881. The number of hydrogen-bond acceptors (Lipinski definition) is 2. The van der Waals surface area contributed by atoms with Gasteiger partial charge in [-0.25, -0.2) is 0 Å². The Labute approximate surface area is 114 Å². The van der Waals surface area contributed by atoms with Crippen LogP contribution in [-0.2, 0) is 13.0 Å². The van der Waals surface area contributed by atoms with E-state index in [4.69, 9.17) is 0 Å². The molecule has 0 bridgehead atoms. The molecule has 2 heteroatoms.